The van der Waals surface area contributed by atoms with Crippen molar-refractivity contribution in [1.82, 2.24) is 5.32 Å². The maximum Gasteiger partial charge on any atom is 0.313 e. The highest BCUT2D eigenvalue weighted by Crippen LogP contribution is 2.34. The molecule has 0 radical (unpaired) electrons. The third-order valence-electron chi connectivity index (χ3n) is 3.65. The molecular weight excluding hydrogens is 375 g/mol. The van der Waals surface area contributed by atoms with E-state index in [0.29, 0.717) is 9.75 Å². The van der Waals surface area contributed by atoms with Gasteiger partial charge in [-0.3, -0.25) is 9.59 Å². The lowest BCUT2D eigenvalue weighted by Gasteiger charge is -2.26. The number of aliphatic hydroxyl groups is 1. The van der Waals surface area contributed by atoms with Crippen LogP contribution < -0.4 is 10.6 Å². The number of amides is 2. The zero-order chi connectivity index (χ0) is 18.6. The van der Waals surface area contributed by atoms with Crippen LogP contribution in [0.5, 0.6) is 0 Å². The van der Waals surface area contributed by atoms with Gasteiger partial charge in [-0.1, -0.05) is 18.2 Å². The van der Waals surface area contributed by atoms with Crippen molar-refractivity contribution in [2.24, 2.45) is 0 Å². The Morgan fingerprint density at radius 2 is 1.65 bits per heavy atom. The molecule has 0 saturated carbocycles. The van der Waals surface area contributed by atoms with Crippen molar-refractivity contribution in [3.63, 3.8) is 0 Å². The molecule has 8 heteroatoms. The van der Waals surface area contributed by atoms with E-state index < -0.39 is 23.2 Å². The topological polar surface area (TPSA) is 78.4 Å². The summed E-state index contributed by atoms with van der Waals surface area (Å²) in [5.41, 5.74) is -1.24. The molecule has 134 valence electrons. The lowest BCUT2D eigenvalue weighted by molar-refractivity contribution is -0.136. The van der Waals surface area contributed by atoms with E-state index in [1.807, 2.05) is 10.8 Å². The van der Waals surface area contributed by atoms with Crippen LogP contribution in [0, 0.1) is 5.82 Å². The molecule has 2 heterocycles. The van der Waals surface area contributed by atoms with E-state index in [9.17, 15) is 19.1 Å². The minimum atomic E-state index is -1.42. The zero-order valence-electron chi connectivity index (χ0n) is 13.4. The molecule has 0 bridgehead atoms. The van der Waals surface area contributed by atoms with Gasteiger partial charge in [-0.2, -0.15) is 0 Å². The van der Waals surface area contributed by atoms with Gasteiger partial charge in [0.25, 0.3) is 0 Å². The number of benzene rings is 1. The summed E-state index contributed by atoms with van der Waals surface area (Å²) in [6.07, 6.45) is 0. The van der Waals surface area contributed by atoms with Crippen LogP contribution in [0.2, 0.25) is 0 Å². The first-order valence-electron chi connectivity index (χ1n) is 7.64. The van der Waals surface area contributed by atoms with E-state index in [4.69, 9.17) is 0 Å². The highest BCUT2D eigenvalue weighted by molar-refractivity contribution is 7.11. The van der Waals surface area contributed by atoms with Crippen molar-refractivity contribution in [2.75, 3.05) is 11.9 Å². The van der Waals surface area contributed by atoms with Gasteiger partial charge in [-0.25, -0.2) is 4.39 Å². The summed E-state index contributed by atoms with van der Waals surface area (Å²) >= 11 is 2.71. The van der Waals surface area contributed by atoms with Gasteiger partial charge in [-0.05, 0) is 41.1 Å². The number of nitrogens with one attached hydrogen (secondary N) is 2. The van der Waals surface area contributed by atoms with Crippen LogP contribution in [-0.4, -0.2) is 23.5 Å². The quantitative estimate of drug-likeness (QED) is 0.586. The Morgan fingerprint density at radius 1 is 1.00 bits per heavy atom. The highest BCUT2D eigenvalue weighted by atomic mass is 32.1. The van der Waals surface area contributed by atoms with Gasteiger partial charge in [0, 0.05) is 15.4 Å². The van der Waals surface area contributed by atoms with Gasteiger partial charge in [-0.15, -0.1) is 22.7 Å². The summed E-state index contributed by atoms with van der Waals surface area (Å²) in [7, 11) is 0. The van der Waals surface area contributed by atoms with Crippen molar-refractivity contribution in [2.45, 2.75) is 5.60 Å². The Labute approximate surface area is 157 Å². The van der Waals surface area contributed by atoms with Gasteiger partial charge in [0.15, 0.2) is 0 Å². The highest BCUT2D eigenvalue weighted by Gasteiger charge is 2.34. The first-order valence-corrected chi connectivity index (χ1v) is 9.40. The fourth-order valence-corrected chi connectivity index (χ4v) is 4.11. The number of carbonyl (C=O) groups is 2. The SMILES string of the molecule is O=C(NCC(O)(c1cccs1)c1cccs1)C(=O)Nc1cccc(F)c1. The van der Waals surface area contributed by atoms with Crippen molar-refractivity contribution in [1.29, 1.82) is 0 Å². The monoisotopic (exact) mass is 390 g/mol. The maximum atomic E-state index is 13.2. The molecule has 0 aliphatic carbocycles. The molecule has 26 heavy (non-hydrogen) atoms. The largest absolute Gasteiger partial charge is 0.377 e. The summed E-state index contributed by atoms with van der Waals surface area (Å²) in [5, 5.41) is 19.5. The molecule has 0 aliphatic rings. The van der Waals surface area contributed by atoms with Crippen LogP contribution in [0.15, 0.2) is 59.3 Å². The predicted octanol–water partition coefficient (Wildman–Crippen LogP) is 2.94. The average Bonchev–Trinajstić information content (AvgIpc) is 3.33. The molecule has 2 amide bonds. The fourth-order valence-electron chi connectivity index (χ4n) is 2.37. The molecule has 3 rings (SSSR count). The Kier molecular flexibility index (Phi) is 5.46. The average molecular weight is 390 g/mol. The van der Waals surface area contributed by atoms with E-state index in [1.165, 1.54) is 40.9 Å². The minimum Gasteiger partial charge on any atom is -0.377 e. The van der Waals surface area contributed by atoms with Crippen LogP contribution in [0.3, 0.4) is 0 Å². The lowest BCUT2D eigenvalue weighted by atomic mass is 10.00. The van der Waals surface area contributed by atoms with E-state index in [2.05, 4.69) is 10.6 Å². The maximum absolute atomic E-state index is 13.2. The van der Waals surface area contributed by atoms with Crippen LogP contribution in [-0.2, 0) is 15.2 Å². The number of halogens is 1. The molecule has 0 aliphatic heterocycles. The Hall–Kier alpha value is -2.55. The van der Waals surface area contributed by atoms with E-state index in [-0.39, 0.29) is 12.2 Å². The van der Waals surface area contributed by atoms with Crippen LogP contribution >= 0.6 is 22.7 Å². The van der Waals surface area contributed by atoms with Gasteiger partial charge >= 0.3 is 11.8 Å². The molecule has 0 spiro atoms. The molecule has 1 aromatic carbocycles. The van der Waals surface area contributed by atoms with Crippen molar-refractivity contribution >= 4 is 40.2 Å². The summed E-state index contributed by atoms with van der Waals surface area (Å²) in [6, 6.07) is 12.4. The van der Waals surface area contributed by atoms with Crippen molar-refractivity contribution < 1.29 is 19.1 Å². The number of carbonyl (C=O) groups excluding carboxylic acids is 2. The molecule has 0 saturated heterocycles. The van der Waals surface area contributed by atoms with Crippen LogP contribution in [0.1, 0.15) is 9.75 Å². The predicted molar refractivity (Wildman–Crippen MR) is 99.7 cm³/mol. The standard InChI is InChI=1S/C18H15FN2O3S2/c19-12-4-1-5-13(10-12)21-17(23)16(22)20-11-18(24,14-6-2-8-25-14)15-7-3-9-26-15/h1-10,24H,11H2,(H,20,22)(H,21,23). The third-order valence-corrected chi connectivity index (χ3v) is 5.69. The third kappa shape index (κ3) is 3.98. The number of thiophene rings is 2. The summed E-state index contributed by atoms with van der Waals surface area (Å²) in [5.74, 6) is -2.37. The second kappa shape index (κ2) is 7.77. The minimum absolute atomic E-state index is 0.163. The molecular formula is C18H15FN2O3S2. The van der Waals surface area contributed by atoms with Crippen molar-refractivity contribution in [3.8, 4) is 0 Å². The molecule has 0 atom stereocenters. The Bertz CT molecular complexity index is 861. The molecule has 3 N–H and O–H groups in total. The summed E-state index contributed by atoms with van der Waals surface area (Å²) in [4.78, 5) is 25.4. The molecule has 3 aromatic rings. The molecule has 0 unspecified atom stereocenters. The zero-order valence-corrected chi connectivity index (χ0v) is 15.1. The first-order chi connectivity index (χ1) is 12.5. The Balaban J connectivity index is 1.69. The first kappa shape index (κ1) is 18.2. The number of rotatable bonds is 5. The normalized spacial score (nSPS) is 11.2. The number of hydrogen-bond acceptors (Lipinski definition) is 5. The molecule has 5 nitrogen and oxygen atoms in total. The second-order valence-electron chi connectivity index (χ2n) is 5.46. The van der Waals surface area contributed by atoms with Crippen LogP contribution in [0.25, 0.3) is 0 Å². The van der Waals surface area contributed by atoms with Crippen LogP contribution in [0.4, 0.5) is 10.1 Å². The van der Waals surface area contributed by atoms with Gasteiger partial charge in [0.2, 0.25) is 0 Å². The van der Waals surface area contributed by atoms with Gasteiger partial charge < -0.3 is 15.7 Å². The van der Waals surface area contributed by atoms with Gasteiger partial charge in [0.1, 0.15) is 11.4 Å². The second-order valence-corrected chi connectivity index (χ2v) is 7.36. The number of hydrogen-bond donors (Lipinski definition) is 3. The van der Waals surface area contributed by atoms with E-state index >= 15 is 0 Å². The summed E-state index contributed by atoms with van der Waals surface area (Å²) in [6.45, 7) is -0.163. The van der Waals surface area contributed by atoms with Gasteiger partial charge in [0.05, 0.1) is 6.54 Å². The molecule has 0 fully saturated rings. The lowest BCUT2D eigenvalue weighted by Crippen LogP contribution is -2.44. The summed E-state index contributed by atoms with van der Waals surface area (Å²) < 4.78 is 13.2. The fraction of sp³-hybridized carbons (Fsp3) is 0.111. The Morgan fingerprint density at radius 3 is 2.19 bits per heavy atom. The number of anilines is 1. The van der Waals surface area contributed by atoms with E-state index in [1.54, 1.807) is 24.3 Å². The van der Waals surface area contributed by atoms with Crippen molar-refractivity contribution in [3.05, 3.63) is 74.9 Å². The smallest absolute Gasteiger partial charge is 0.313 e. The molecule has 2 aromatic heterocycles. The van der Waals surface area contributed by atoms with E-state index in [0.717, 1.165) is 6.07 Å².